The average Bonchev–Trinajstić information content (AvgIpc) is 3.27. The number of sulfonamides is 1. The zero-order valence-corrected chi connectivity index (χ0v) is 15.3. The molecule has 1 fully saturated rings. The standard InChI is InChI=1S/C17H18FNO4S2/c1-23-17(20)16-15(8-9-24-16)25(21,22)19(10-12-2-3-12)11-13-4-6-14(18)7-5-13/h4-9,12H,2-3,10-11H2,1H3. The maximum absolute atomic E-state index is 13.1. The summed E-state index contributed by atoms with van der Waals surface area (Å²) in [5.74, 6) is -0.705. The zero-order chi connectivity index (χ0) is 18.0. The highest BCUT2D eigenvalue weighted by molar-refractivity contribution is 7.89. The monoisotopic (exact) mass is 383 g/mol. The number of esters is 1. The minimum Gasteiger partial charge on any atom is -0.465 e. The Morgan fingerprint density at radius 1 is 1.28 bits per heavy atom. The smallest absolute Gasteiger partial charge is 0.349 e. The summed E-state index contributed by atoms with van der Waals surface area (Å²) in [5, 5.41) is 1.56. The van der Waals surface area contributed by atoms with Crippen molar-refractivity contribution in [1.29, 1.82) is 0 Å². The number of thiophene rings is 1. The van der Waals surface area contributed by atoms with E-state index in [4.69, 9.17) is 0 Å². The second-order valence-corrected chi connectivity index (χ2v) is 8.80. The van der Waals surface area contributed by atoms with Crippen molar-refractivity contribution in [3.8, 4) is 0 Å². The molecule has 1 saturated carbocycles. The molecule has 0 aliphatic heterocycles. The molecule has 0 radical (unpaired) electrons. The van der Waals surface area contributed by atoms with Crippen molar-refractivity contribution in [2.24, 2.45) is 5.92 Å². The van der Waals surface area contributed by atoms with Crippen LogP contribution in [-0.2, 0) is 21.3 Å². The minimum atomic E-state index is -3.86. The number of carbonyl (C=O) groups is 1. The van der Waals surface area contributed by atoms with Crippen molar-refractivity contribution in [3.63, 3.8) is 0 Å². The van der Waals surface area contributed by atoms with Crippen molar-refractivity contribution in [2.75, 3.05) is 13.7 Å². The summed E-state index contributed by atoms with van der Waals surface area (Å²) in [5.41, 5.74) is 0.695. The third-order valence-electron chi connectivity index (χ3n) is 4.05. The van der Waals surface area contributed by atoms with E-state index in [9.17, 15) is 17.6 Å². The average molecular weight is 383 g/mol. The van der Waals surface area contributed by atoms with Crippen LogP contribution in [0, 0.1) is 11.7 Å². The highest BCUT2D eigenvalue weighted by Gasteiger charge is 2.34. The van der Waals surface area contributed by atoms with Gasteiger partial charge in [0.2, 0.25) is 10.0 Å². The van der Waals surface area contributed by atoms with Crippen LogP contribution in [0.25, 0.3) is 0 Å². The minimum absolute atomic E-state index is 0.0351. The second kappa shape index (κ2) is 7.23. The van der Waals surface area contributed by atoms with Crippen LogP contribution in [0.5, 0.6) is 0 Å². The molecule has 134 valence electrons. The molecule has 8 heteroatoms. The zero-order valence-electron chi connectivity index (χ0n) is 13.6. The first kappa shape index (κ1) is 18.0. The molecule has 1 aliphatic rings. The lowest BCUT2D eigenvalue weighted by molar-refractivity contribution is 0.0602. The first-order valence-electron chi connectivity index (χ1n) is 7.82. The Balaban J connectivity index is 1.92. The predicted octanol–water partition coefficient (Wildman–Crippen LogP) is 3.27. The van der Waals surface area contributed by atoms with Crippen molar-refractivity contribution < 1.29 is 22.3 Å². The number of ether oxygens (including phenoxy) is 1. The van der Waals surface area contributed by atoms with Crippen LogP contribution in [0.15, 0.2) is 40.6 Å². The normalized spacial score (nSPS) is 14.7. The Morgan fingerprint density at radius 3 is 2.56 bits per heavy atom. The van der Waals surface area contributed by atoms with Crippen LogP contribution in [0.3, 0.4) is 0 Å². The van der Waals surface area contributed by atoms with Gasteiger partial charge in [-0.2, -0.15) is 4.31 Å². The summed E-state index contributed by atoms with van der Waals surface area (Å²) in [6.45, 7) is 0.520. The number of hydrogen-bond donors (Lipinski definition) is 0. The topological polar surface area (TPSA) is 63.7 Å². The Kier molecular flexibility index (Phi) is 5.21. The fourth-order valence-corrected chi connectivity index (χ4v) is 5.32. The van der Waals surface area contributed by atoms with Gasteiger partial charge in [-0.3, -0.25) is 0 Å². The fourth-order valence-electron chi connectivity index (χ4n) is 2.51. The summed E-state index contributed by atoms with van der Waals surface area (Å²) < 4.78 is 45.4. The van der Waals surface area contributed by atoms with Crippen molar-refractivity contribution >= 4 is 27.3 Å². The van der Waals surface area contributed by atoms with Crippen molar-refractivity contribution in [3.05, 3.63) is 52.0 Å². The summed E-state index contributed by atoms with van der Waals surface area (Å²) in [7, 11) is -2.64. The molecule has 1 aromatic heterocycles. The van der Waals surface area contributed by atoms with E-state index < -0.39 is 16.0 Å². The first-order chi connectivity index (χ1) is 11.9. The lowest BCUT2D eigenvalue weighted by Gasteiger charge is -2.22. The van der Waals surface area contributed by atoms with Gasteiger partial charge in [-0.25, -0.2) is 17.6 Å². The van der Waals surface area contributed by atoms with Gasteiger partial charge in [0.15, 0.2) is 0 Å². The van der Waals surface area contributed by atoms with Gasteiger partial charge < -0.3 is 4.74 Å². The van der Waals surface area contributed by atoms with Crippen molar-refractivity contribution in [1.82, 2.24) is 4.31 Å². The molecular weight excluding hydrogens is 365 g/mol. The van der Waals surface area contributed by atoms with E-state index in [2.05, 4.69) is 4.74 Å². The van der Waals surface area contributed by atoms with Crippen LogP contribution in [0.2, 0.25) is 0 Å². The van der Waals surface area contributed by atoms with Gasteiger partial charge in [0.1, 0.15) is 15.6 Å². The molecule has 0 amide bonds. The van der Waals surface area contributed by atoms with E-state index in [1.165, 1.54) is 29.6 Å². The van der Waals surface area contributed by atoms with E-state index in [-0.39, 0.29) is 22.1 Å². The molecule has 1 heterocycles. The van der Waals surface area contributed by atoms with Crippen LogP contribution in [-0.4, -0.2) is 32.3 Å². The van der Waals surface area contributed by atoms with E-state index in [0.717, 1.165) is 24.2 Å². The van der Waals surface area contributed by atoms with E-state index in [0.29, 0.717) is 18.0 Å². The highest BCUT2D eigenvalue weighted by Crippen LogP contribution is 2.34. The van der Waals surface area contributed by atoms with Crippen molar-refractivity contribution in [2.45, 2.75) is 24.3 Å². The summed E-state index contributed by atoms with van der Waals surface area (Å²) >= 11 is 1.04. The van der Waals surface area contributed by atoms with E-state index in [1.54, 1.807) is 17.5 Å². The van der Waals surface area contributed by atoms with Crippen LogP contribution in [0.1, 0.15) is 28.1 Å². The molecule has 0 saturated heterocycles. The molecule has 0 spiro atoms. The van der Waals surface area contributed by atoms with E-state index >= 15 is 0 Å². The third-order valence-corrected chi connectivity index (χ3v) is 6.93. The van der Waals surface area contributed by atoms with Gasteiger partial charge >= 0.3 is 5.97 Å². The molecule has 1 aliphatic carbocycles. The second-order valence-electron chi connectivity index (χ2n) is 5.97. The molecule has 1 aromatic carbocycles. The maximum Gasteiger partial charge on any atom is 0.349 e. The summed E-state index contributed by atoms with van der Waals surface area (Å²) in [6, 6.07) is 7.18. The molecule has 2 aromatic rings. The van der Waals surface area contributed by atoms with Gasteiger partial charge in [0.05, 0.1) is 7.11 Å². The van der Waals surface area contributed by atoms with Crippen LogP contribution < -0.4 is 0 Å². The molecule has 0 atom stereocenters. The lowest BCUT2D eigenvalue weighted by Crippen LogP contribution is -2.33. The number of benzene rings is 1. The lowest BCUT2D eigenvalue weighted by atomic mass is 10.2. The third kappa shape index (κ3) is 4.08. The molecule has 0 bridgehead atoms. The Hall–Kier alpha value is -1.77. The summed E-state index contributed by atoms with van der Waals surface area (Å²) in [6.07, 6.45) is 1.98. The molecule has 0 N–H and O–H groups in total. The number of nitrogens with zero attached hydrogens (tertiary/aromatic N) is 1. The highest BCUT2D eigenvalue weighted by atomic mass is 32.2. The number of hydrogen-bond acceptors (Lipinski definition) is 5. The molecular formula is C17H18FNO4S2. The molecule has 25 heavy (non-hydrogen) atoms. The van der Waals surface area contributed by atoms with Gasteiger partial charge in [-0.1, -0.05) is 12.1 Å². The van der Waals surface area contributed by atoms with Crippen LogP contribution in [0.4, 0.5) is 4.39 Å². The maximum atomic E-state index is 13.1. The number of halogens is 1. The number of carbonyl (C=O) groups excluding carboxylic acids is 1. The van der Waals surface area contributed by atoms with Gasteiger partial charge in [0.25, 0.3) is 0 Å². The van der Waals surface area contributed by atoms with Crippen LogP contribution >= 0.6 is 11.3 Å². The van der Waals surface area contributed by atoms with Gasteiger partial charge in [-0.15, -0.1) is 11.3 Å². The Morgan fingerprint density at radius 2 is 1.96 bits per heavy atom. The quantitative estimate of drug-likeness (QED) is 0.689. The molecule has 0 unspecified atom stereocenters. The Bertz CT molecular complexity index is 857. The largest absolute Gasteiger partial charge is 0.465 e. The first-order valence-corrected chi connectivity index (χ1v) is 10.1. The van der Waals surface area contributed by atoms with Gasteiger partial charge in [0, 0.05) is 13.1 Å². The predicted molar refractivity (Wildman–Crippen MR) is 92.4 cm³/mol. The Labute approximate surface area is 150 Å². The molecule has 5 nitrogen and oxygen atoms in total. The number of rotatable bonds is 7. The van der Waals surface area contributed by atoms with E-state index in [1.807, 2.05) is 0 Å². The number of methoxy groups -OCH3 is 1. The fraction of sp³-hybridized carbons (Fsp3) is 0.353. The molecule has 3 rings (SSSR count). The van der Waals surface area contributed by atoms with Gasteiger partial charge in [-0.05, 0) is 47.9 Å². The summed E-state index contributed by atoms with van der Waals surface area (Å²) in [4.78, 5) is 11.9. The SMILES string of the molecule is COC(=O)c1sccc1S(=O)(=O)N(Cc1ccc(F)cc1)CC1CC1.